The molecule has 2 unspecified atom stereocenters. The molecule has 5 heteroatoms. The zero-order valence-electron chi connectivity index (χ0n) is 11.5. The lowest BCUT2D eigenvalue weighted by molar-refractivity contribution is -0.150. The zero-order chi connectivity index (χ0) is 13.6. The van der Waals surface area contributed by atoms with E-state index in [4.69, 9.17) is 4.74 Å². The van der Waals surface area contributed by atoms with E-state index in [9.17, 15) is 9.59 Å². The SMILES string of the molecule is CCC(C)(NC(=O)CCC1CCNC1)C(=O)OC. The fourth-order valence-corrected chi connectivity index (χ4v) is 2.18. The van der Waals surface area contributed by atoms with Gasteiger partial charge in [-0.3, -0.25) is 4.79 Å². The van der Waals surface area contributed by atoms with Crippen molar-refractivity contribution in [2.75, 3.05) is 20.2 Å². The van der Waals surface area contributed by atoms with Crippen molar-refractivity contribution in [2.24, 2.45) is 5.92 Å². The summed E-state index contributed by atoms with van der Waals surface area (Å²) in [7, 11) is 1.34. The summed E-state index contributed by atoms with van der Waals surface area (Å²) in [6.45, 7) is 5.60. The Kier molecular flexibility index (Phi) is 5.59. The summed E-state index contributed by atoms with van der Waals surface area (Å²) in [6, 6.07) is 0. The first-order chi connectivity index (χ1) is 8.51. The number of carbonyl (C=O) groups excluding carboxylic acids is 2. The lowest BCUT2D eigenvalue weighted by Gasteiger charge is -2.26. The van der Waals surface area contributed by atoms with Crippen molar-refractivity contribution in [3.05, 3.63) is 0 Å². The maximum atomic E-state index is 11.9. The predicted molar refractivity (Wildman–Crippen MR) is 69.1 cm³/mol. The second-order valence-corrected chi connectivity index (χ2v) is 5.12. The molecule has 1 fully saturated rings. The van der Waals surface area contributed by atoms with Crippen LogP contribution in [0.4, 0.5) is 0 Å². The molecule has 5 nitrogen and oxygen atoms in total. The summed E-state index contributed by atoms with van der Waals surface area (Å²) in [4.78, 5) is 23.5. The predicted octanol–water partition coefficient (Wildman–Crippen LogP) is 0.834. The summed E-state index contributed by atoms with van der Waals surface area (Å²) < 4.78 is 4.72. The molecular formula is C13H24N2O3. The van der Waals surface area contributed by atoms with E-state index in [1.54, 1.807) is 6.92 Å². The first kappa shape index (κ1) is 15.0. The summed E-state index contributed by atoms with van der Waals surface area (Å²) in [5.41, 5.74) is -0.903. The minimum Gasteiger partial charge on any atom is -0.467 e. The second kappa shape index (κ2) is 6.73. The molecule has 18 heavy (non-hydrogen) atoms. The Morgan fingerprint density at radius 2 is 2.22 bits per heavy atom. The molecule has 0 aromatic carbocycles. The van der Waals surface area contributed by atoms with Crippen LogP contribution in [-0.4, -0.2) is 37.6 Å². The Bertz CT molecular complexity index is 301. The highest BCUT2D eigenvalue weighted by Gasteiger charge is 2.34. The highest BCUT2D eigenvalue weighted by molar-refractivity contribution is 5.87. The Labute approximate surface area is 109 Å². The van der Waals surface area contributed by atoms with Crippen molar-refractivity contribution in [1.29, 1.82) is 0 Å². The van der Waals surface area contributed by atoms with Crippen LogP contribution in [0, 0.1) is 5.92 Å². The van der Waals surface area contributed by atoms with Crippen molar-refractivity contribution in [3.8, 4) is 0 Å². The first-order valence-electron chi connectivity index (χ1n) is 6.62. The van der Waals surface area contributed by atoms with Gasteiger partial charge in [0.05, 0.1) is 7.11 Å². The van der Waals surface area contributed by atoms with Crippen molar-refractivity contribution in [1.82, 2.24) is 10.6 Å². The molecule has 1 amide bonds. The number of ether oxygens (including phenoxy) is 1. The minimum atomic E-state index is -0.903. The van der Waals surface area contributed by atoms with Crippen LogP contribution in [-0.2, 0) is 14.3 Å². The van der Waals surface area contributed by atoms with E-state index in [1.807, 2.05) is 6.92 Å². The van der Waals surface area contributed by atoms with Gasteiger partial charge in [-0.25, -0.2) is 4.79 Å². The highest BCUT2D eigenvalue weighted by atomic mass is 16.5. The van der Waals surface area contributed by atoms with Crippen LogP contribution in [0.25, 0.3) is 0 Å². The molecule has 2 atom stereocenters. The molecule has 1 aliphatic rings. The Morgan fingerprint density at radius 1 is 1.50 bits per heavy atom. The molecule has 1 rings (SSSR count). The number of esters is 1. The molecule has 0 saturated carbocycles. The minimum absolute atomic E-state index is 0.0725. The number of rotatable bonds is 6. The standard InChI is InChI=1S/C13H24N2O3/c1-4-13(2,12(17)18-3)15-11(16)6-5-10-7-8-14-9-10/h10,14H,4-9H2,1-3H3,(H,15,16). The summed E-state index contributed by atoms with van der Waals surface area (Å²) in [6.07, 6.45) is 3.00. The molecule has 0 aromatic heterocycles. The third kappa shape index (κ3) is 3.98. The van der Waals surface area contributed by atoms with Gasteiger partial charge in [0.1, 0.15) is 5.54 Å². The van der Waals surface area contributed by atoms with E-state index in [0.29, 0.717) is 18.8 Å². The third-order valence-corrected chi connectivity index (χ3v) is 3.70. The van der Waals surface area contributed by atoms with Crippen molar-refractivity contribution in [3.63, 3.8) is 0 Å². The van der Waals surface area contributed by atoms with Gasteiger partial charge < -0.3 is 15.4 Å². The van der Waals surface area contributed by atoms with E-state index in [0.717, 1.165) is 25.9 Å². The van der Waals surface area contributed by atoms with Crippen LogP contribution in [0.2, 0.25) is 0 Å². The van der Waals surface area contributed by atoms with E-state index in [2.05, 4.69) is 10.6 Å². The second-order valence-electron chi connectivity index (χ2n) is 5.12. The number of methoxy groups -OCH3 is 1. The number of hydrogen-bond acceptors (Lipinski definition) is 4. The molecule has 1 aliphatic heterocycles. The molecule has 0 bridgehead atoms. The normalized spacial score (nSPS) is 22.3. The van der Waals surface area contributed by atoms with Crippen molar-refractivity contribution >= 4 is 11.9 Å². The third-order valence-electron chi connectivity index (χ3n) is 3.70. The van der Waals surface area contributed by atoms with Crippen LogP contribution in [0.15, 0.2) is 0 Å². The van der Waals surface area contributed by atoms with Crippen LogP contribution in [0.1, 0.15) is 39.5 Å². The van der Waals surface area contributed by atoms with Gasteiger partial charge in [-0.1, -0.05) is 6.92 Å². The van der Waals surface area contributed by atoms with Crippen molar-refractivity contribution < 1.29 is 14.3 Å². The van der Waals surface area contributed by atoms with Crippen molar-refractivity contribution in [2.45, 2.75) is 45.1 Å². The Balaban J connectivity index is 2.39. The van der Waals surface area contributed by atoms with E-state index >= 15 is 0 Å². The largest absolute Gasteiger partial charge is 0.467 e. The molecular weight excluding hydrogens is 232 g/mol. The fraction of sp³-hybridized carbons (Fsp3) is 0.846. The van der Waals surface area contributed by atoms with Gasteiger partial charge in [-0.05, 0) is 45.2 Å². The molecule has 2 N–H and O–H groups in total. The Hall–Kier alpha value is -1.10. The lowest BCUT2D eigenvalue weighted by atomic mass is 9.97. The number of nitrogens with one attached hydrogen (secondary N) is 2. The van der Waals surface area contributed by atoms with Gasteiger partial charge in [0.25, 0.3) is 0 Å². The van der Waals surface area contributed by atoms with Crippen LogP contribution in [0.3, 0.4) is 0 Å². The van der Waals surface area contributed by atoms with Gasteiger partial charge in [0.2, 0.25) is 5.91 Å². The molecule has 0 spiro atoms. The Morgan fingerprint density at radius 3 is 2.72 bits per heavy atom. The summed E-state index contributed by atoms with van der Waals surface area (Å²) >= 11 is 0. The van der Waals surface area contributed by atoms with Gasteiger partial charge in [0.15, 0.2) is 0 Å². The maximum absolute atomic E-state index is 11.9. The summed E-state index contributed by atoms with van der Waals surface area (Å²) in [5, 5.41) is 6.06. The van der Waals surface area contributed by atoms with Crippen LogP contribution < -0.4 is 10.6 Å². The fourth-order valence-electron chi connectivity index (χ4n) is 2.18. The number of amides is 1. The van der Waals surface area contributed by atoms with Gasteiger partial charge >= 0.3 is 5.97 Å². The average molecular weight is 256 g/mol. The number of hydrogen-bond donors (Lipinski definition) is 2. The molecule has 0 aliphatic carbocycles. The van der Waals surface area contributed by atoms with Gasteiger partial charge in [0, 0.05) is 6.42 Å². The van der Waals surface area contributed by atoms with Gasteiger partial charge in [-0.15, -0.1) is 0 Å². The zero-order valence-corrected chi connectivity index (χ0v) is 11.5. The number of carbonyl (C=O) groups is 2. The molecule has 0 aromatic rings. The lowest BCUT2D eigenvalue weighted by Crippen LogP contribution is -2.52. The quantitative estimate of drug-likeness (QED) is 0.691. The molecule has 1 saturated heterocycles. The first-order valence-corrected chi connectivity index (χ1v) is 6.62. The molecule has 0 radical (unpaired) electrons. The van der Waals surface area contributed by atoms with E-state index < -0.39 is 5.54 Å². The molecule has 1 heterocycles. The average Bonchev–Trinajstić information content (AvgIpc) is 2.88. The van der Waals surface area contributed by atoms with Crippen LogP contribution in [0.5, 0.6) is 0 Å². The molecule has 104 valence electrons. The topological polar surface area (TPSA) is 67.4 Å². The van der Waals surface area contributed by atoms with E-state index in [-0.39, 0.29) is 11.9 Å². The maximum Gasteiger partial charge on any atom is 0.331 e. The van der Waals surface area contributed by atoms with E-state index in [1.165, 1.54) is 7.11 Å². The highest BCUT2D eigenvalue weighted by Crippen LogP contribution is 2.16. The summed E-state index contributed by atoms with van der Waals surface area (Å²) in [5.74, 6) is 0.124. The van der Waals surface area contributed by atoms with Gasteiger partial charge in [-0.2, -0.15) is 0 Å². The smallest absolute Gasteiger partial charge is 0.331 e. The monoisotopic (exact) mass is 256 g/mol. The van der Waals surface area contributed by atoms with Crippen LogP contribution >= 0.6 is 0 Å².